The first-order valence-corrected chi connectivity index (χ1v) is 7.09. The highest BCUT2D eigenvalue weighted by atomic mass is 19.2. The highest BCUT2D eigenvalue weighted by molar-refractivity contribution is 5.85. The number of carbonyl (C=O) groups is 1. The smallest absolute Gasteiger partial charge is 0.354 e. The number of aliphatic hydroxyl groups is 1. The van der Waals surface area contributed by atoms with Crippen LogP contribution in [0, 0.1) is 23.4 Å². The number of benzene rings is 1. The number of carboxylic acids is 1. The minimum atomic E-state index is -1.54. The molecule has 0 fully saturated rings. The maximum absolute atomic E-state index is 13.2. The summed E-state index contributed by atoms with van der Waals surface area (Å²) in [5.41, 5.74) is 0.0720. The Kier molecular flexibility index (Phi) is 5.75. The van der Waals surface area contributed by atoms with Gasteiger partial charge in [0.05, 0.1) is 0 Å². The summed E-state index contributed by atoms with van der Waals surface area (Å²) >= 11 is 0. The van der Waals surface area contributed by atoms with Gasteiger partial charge in [-0.3, -0.25) is 0 Å². The fraction of sp³-hybridized carbons (Fsp3) is 0.250. The van der Waals surface area contributed by atoms with Gasteiger partial charge in [-0.25, -0.2) is 22.9 Å². The van der Waals surface area contributed by atoms with Crippen LogP contribution in [0.1, 0.15) is 16.1 Å². The number of rotatable bonds is 7. The van der Waals surface area contributed by atoms with E-state index in [0.717, 1.165) is 12.1 Å². The molecule has 0 saturated heterocycles. The summed E-state index contributed by atoms with van der Waals surface area (Å²) in [7, 11) is 0. The van der Waals surface area contributed by atoms with Gasteiger partial charge < -0.3 is 15.5 Å². The van der Waals surface area contributed by atoms with E-state index < -0.39 is 29.3 Å². The molecule has 2 aromatic rings. The van der Waals surface area contributed by atoms with Crippen molar-refractivity contribution in [1.29, 1.82) is 0 Å². The monoisotopic (exact) mass is 340 g/mol. The van der Waals surface area contributed by atoms with Crippen molar-refractivity contribution >= 4 is 11.8 Å². The molecule has 2 rings (SSSR count). The third-order valence-corrected chi connectivity index (χ3v) is 3.37. The van der Waals surface area contributed by atoms with E-state index in [1.807, 2.05) is 0 Å². The number of hydrogen-bond acceptors (Lipinski definition) is 4. The Balaban J connectivity index is 2.02. The summed E-state index contributed by atoms with van der Waals surface area (Å²) < 4.78 is 39.3. The van der Waals surface area contributed by atoms with Crippen molar-refractivity contribution in [3.8, 4) is 0 Å². The van der Waals surface area contributed by atoms with Crippen molar-refractivity contribution in [2.24, 2.45) is 5.92 Å². The van der Waals surface area contributed by atoms with Crippen molar-refractivity contribution in [2.45, 2.75) is 6.42 Å². The average molecular weight is 340 g/mol. The van der Waals surface area contributed by atoms with Gasteiger partial charge in [-0.2, -0.15) is 0 Å². The Bertz CT molecular complexity index is 717. The van der Waals surface area contributed by atoms with Gasteiger partial charge in [0.2, 0.25) is 0 Å². The molecule has 0 spiro atoms. The van der Waals surface area contributed by atoms with Gasteiger partial charge in [-0.1, -0.05) is 6.07 Å². The first kappa shape index (κ1) is 17.7. The van der Waals surface area contributed by atoms with Crippen molar-refractivity contribution in [3.05, 3.63) is 59.0 Å². The second-order valence-corrected chi connectivity index (χ2v) is 5.22. The molecule has 0 aliphatic heterocycles. The first-order valence-electron chi connectivity index (χ1n) is 7.09. The minimum Gasteiger partial charge on any atom is -0.477 e. The van der Waals surface area contributed by atoms with Crippen LogP contribution in [0.15, 0.2) is 30.3 Å². The van der Waals surface area contributed by atoms with Crippen LogP contribution in [0.2, 0.25) is 0 Å². The molecule has 8 heteroatoms. The summed E-state index contributed by atoms with van der Waals surface area (Å²) in [4.78, 5) is 14.7. The lowest BCUT2D eigenvalue weighted by atomic mass is 9.99. The summed E-state index contributed by atoms with van der Waals surface area (Å²) in [6.07, 6.45) is 0.107. The van der Waals surface area contributed by atoms with E-state index in [9.17, 15) is 23.1 Å². The molecule has 0 bridgehead atoms. The van der Waals surface area contributed by atoms with Gasteiger partial charge >= 0.3 is 5.97 Å². The standard InChI is InChI=1S/C16H15F3N2O3/c17-11-5-9(6-12(18)15(11)19)4-10(8-22)7-20-14-3-1-2-13(21-14)16(23)24/h1-3,5-6,10,22H,4,7-8H2,(H,20,21)(H,23,24). The first-order chi connectivity index (χ1) is 11.4. The van der Waals surface area contributed by atoms with Crippen LogP contribution in [0.3, 0.4) is 0 Å². The molecule has 5 nitrogen and oxygen atoms in total. The zero-order valence-corrected chi connectivity index (χ0v) is 12.5. The minimum absolute atomic E-state index is 0.107. The molecule has 0 aliphatic rings. The zero-order valence-electron chi connectivity index (χ0n) is 12.5. The number of halogens is 3. The number of hydrogen-bond donors (Lipinski definition) is 3. The molecule has 24 heavy (non-hydrogen) atoms. The van der Waals surface area contributed by atoms with E-state index in [1.165, 1.54) is 12.1 Å². The third kappa shape index (κ3) is 4.45. The van der Waals surface area contributed by atoms with Crippen molar-refractivity contribution < 1.29 is 28.2 Å². The molecule has 0 amide bonds. The molecular formula is C16H15F3N2O3. The number of carboxylic acid groups (broad SMARTS) is 1. The molecule has 128 valence electrons. The number of nitrogens with one attached hydrogen (secondary N) is 1. The van der Waals surface area contributed by atoms with Gasteiger partial charge in [-0.15, -0.1) is 0 Å². The van der Waals surface area contributed by atoms with E-state index in [2.05, 4.69) is 10.3 Å². The average Bonchev–Trinajstić information content (AvgIpc) is 2.56. The van der Waals surface area contributed by atoms with Crippen LogP contribution in [-0.2, 0) is 6.42 Å². The third-order valence-electron chi connectivity index (χ3n) is 3.37. The van der Waals surface area contributed by atoms with E-state index in [1.54, 1.807) is 6.07 Å². The molecule has 3 N–H and O–H groups in total. The number of anilines is 1. The van der Waals surface area contributed by atoms with Gasteiger partial charge in [0.1, 0.15) is 5.82 Å². The molecule has 1 atom stereocenters. The molecule has 1 heterocycles. The fourth-order valence-electron chi connectivity index (χ4n) is 2.16. The number of pyridine rings is 1. The largest absolute Gasteiger partial charge is 0.477 e. The van der Waals surface area contributed by atoms with E-state index in [-0.39, 0.29) is 30.8 Å². The second kappa shape index (κ2) is 7.78. The maximum atomic E-state index is 13.2. The summed E-state index contributed by atoms with van der Waals surface area (Å²) in [5, 5.41) is 21.1. The van der Waals surface area contributed by atoms with Crippen LogP contribution in [0.25, 0.3) is 0 Å². The maximum Gasteiger partial charge on any atom is 0.354 e. The fourth-order valence-corrected chi connectivity index (χ4v) is 2.16. The van der Waals surface area contributed by atoms with Crippen molar-refractivity contribution in [1.82, 2.24) is 4.98 Å². The summed E-state index contributed by atoms with van der Waals surface area (Å²) in [6, 6.07) is 6.16. The Morgan fingerprint density at radius 3 is 2.46 bits per heavy atom. The lowest BCUT2D eigenvalue weighted by Crippen LogP contribution is -2.21. The van der Waals surface area contributed by atoms with Crippen LogP contribution in [0.5, 0.6) is 0 Å². The van der Waals surface area contributed by atoms with E-state index in [0.29, 0.717) is 5.82 Å². The Labute approximate surface area is 135 Å². The lowest BCUT2D eigenvalue weighted by molar-refractivity contribution is 0.0690. The predicted octanol–water partition coefficient (Wildman–Crippen LogP) is 2.46. The molecule has 0 radical (unpaired) electrons. The van der Waals surface area contributed by atoms with Gasteiger partial charge in [-0.05, 0) is 36.2 Å². The number of nitrogens with zero attached hydrogens (tertiary/aromatic N) is 1. The highest BCUT2D eigenvalue weighted by Crippen LogP contribution is 2.17. The summed E-state index contributed by atoms with van der Waals surface area (Å²) in [6.45, 7) is -0.0978. The predicted molar refractivity (Wildman–Crippen MR) is 80.3 cm³/mol. The number of aromatic nitrogens is 1. The quantitative estimate of drug-likeness (QED) is 0.675. The lowest BCUT2D eigenvalue weighted by Gasteiger charge is -2.16. The molecule has 1 unspecified atom stereocenters. The van der Waals surface area contributed by atoms with Crippen LogP contribution < -0.4 is 5.32 Å². The van der Waals surface area contributed by atoms with Crippen LogP contribution in [-0.4, -0.2) is 34.3 Å². The van der Waals surface area contributed by atoms with Gasteiger partial charge in [0.15, 0.2) is 23.1 Å². The SMILES string of the molecule is O=C(O)c1cccc(NCC(CO)Cc2cc(F)c(F)c(F)c2)n1. The Morgan fingerprint density at radius 1 is 1.21 bits per heavy atom. The van der Waals surface area contributed by atoms with E-state index in [4.69, 9.17) is 5.11 Å². The van der Waals surface area contributed by atoms with Gasteiger partial charge in [0.25, 0.3) is 0 Å². The number of aromatic carboxylic acids is 1. The molecule has 1 aromatic carbocycles. The number of aliphatic hydroxyl groups excluding tert-OH is 1. The van der Waals surface area contributed by atoms with Gasteiger partial charge in [0, 0.05) is 19.1 Å². The topological polar surface area (TPSA) is 82.5 Å². The molecule has 0 saturated carbocycles. The highest BCUT2D eigenvalue weighted by Gasteiger charge is 2.15. The zero-order chi connectivity index (χ0) is 17.7. The normalized spacial score (nSPS) is 12.0. The van der Waals surface area contributed by atoms with Crippen molar-refractivity contribution in [2.75, 3.05) is 18.5 Å². The van der Waals surface area contributed by atoms with E-state index >= 15 is 0 Å². The molecular weight excluding hydrogens is 325 g/mol. The molecule has 0 aliphatic carbocycles. The molecule has 1 aromatic heterocycles. The van der Waals surface area contributed by atoms with Crippen molar-refractivity contribution in [3.63, 3.8) is 0 Å². The Hall–Kier alpha value is -2.61. The van der Waals surface area contributed by atoms with Crippen LogP contribution in [0.4, 0.5) is 19.0 Å². The second-order valence-electron chi connectivity index (χ2n) is 5.22. The summed E-state index contributed by atoms with van der Waals surface area (Å²) in [5.74, 6) is -5.41. The Morgan fingerprint density at radius 2 is 1.88 bits per heavy atom. The van der Waals surface area contributed by atoms with Crippen LogP contribution >= 0.6 is 0 Å².